The van der Waals surface area contributed by atoms with E-state index in [2.05, 4.69) is 10.6 Å². The zero-order valence-electron chi connectivity index (χ0n) is 25.9. The highest BCUT2D eigenvalue weighted by molar-refractivity contribution is 8.00. The summed E-state index contributed by atoms with van der Waals surface area (Å²) in [5.74, 6) is -0.862. The van der Waals surface area contributed by atoms with Crippen LogP contribution in [-0.4, -0.2) is 50.2 Å². The van der Waals surface area contributed by atoms with Crippen LogP contribution in [-0.2, 0) is 14.4 Å². The quantitative estimate of drug-likeness (QED) is 0.128. The predicted octanol–water partition coefficient (Wildman–Crippen LogP) is 6.85. The van der Waals surface area contributed by atoms with E-state index in [0.29, 0.717) is 44.0 Å². The fraction of sp³-hybridized carbons (Fsp3) is 0.143. The van der Waals surface area contributed by atoms with E-state index >= 15 is 0 Å². The molecule has 1 saturated heterocycles. The molecule has 1 aliphatic heterocycles. The number of nitrogens with zero attached hydrogens (tertiary/aromatic N) is 1. The Kier molecular flexibility index (Phi) is 10.9. The van der Waals surface area contributed by atoms with Crippen molar-refractivity contribution in [1.29, 1.82) is 0 Å². The summed E-state index contributed by atoms with van der Waals surface area (Å²) in [6.45, 7) is 0. The lowest BCUT2D eigenvalue weighted by Crippen LogP contribution is -2.31. The highest BCUT2D eigenvalue weighted by Crippen LogP contribution is 2.40. The van der Waals surface area contributed by atoms with Gasteiger partial charge in [0.15, 0.2) is 11.5 Å². The number of methoxy groups -OCH3 is 3. The molecule has 0 bridgehead atoms. The van der Waals surface area contributed by atoms with Gasteiger partial charge >= 0.3 is 0 Å². The maximum absolute atomic E-state index is 13.7. The third kappa shape index (κ3) is 7.76. The number of benzene rings is 4. The number of hydrogen-bond donors (Lipinski definition) is 2. The fourth-order valence-electron chi connectivity index (χ4n) is 4.91. The number of nitrogens with one attached hydrogen (secondary N) is 2. The molecule has 1 fully saturated rings. The number of carbonyl (C=O) groups excluding carboxylic acids is 4. The number of amides is 4. The van der Waals surface area contributed by atoms with E-state index in [1.165, 1.54) is 51.3 Å². The molecule has 1 aliphatic rings. The second-order valence-corrected chi connectivity index (χ2v) is 12.4. The first-order chi connectivity index (χ1) is 23.1. The molecule has 48 heavy (non-hydrogen) atoms. The molecule has 0 spiro atoms. The second-order valence-electron chi connectivity index (χ2n) is 10.3. The van der Waals surface area contributed by atoms with Crippen LogP contribution in [0.3, 0.4) is 0 Å². The molecule has 4 aromatic rings. The molecule has 5 rings (SSSR count). The van der Waals surface area contributed by atoms with Crippen molar-refractivity contribution in [3.05, 3.63) is 112 Å². The number of anilines is 2. The van der Waals surface area contributed by atoms with Gasteiger partial charge in [-0.05, 0) is 72.3 Å². The average molecular weight is 707 g/mol. The number of imide groups is 1. The number of hydrogen-bond acceptors (Lipinski definition) is 8. The minimum Gasteiger partial charge on any atom is -0.493 e. The standard InChI is InChI=1S/C35H29Cl2N3O7S/c1-45-28-15-20(16-29(46-2)32(28)47-3)14-26(39-33(42)21-8-5-4-6-9-21)34(43)38-23-10-7-11-24(18-23)48-30-19-31(41)40(35(30)44)27-17-22(36)12-13-25(27)37/h4-18,30H,19H2,1-3H3,(H,38,43)(H,39,42). The van der Waals surface area contributed by atoms with Gasteiger partial charge in [0.2, 0.25) is 17.6 Å². The predicted molar refractivity (Wildman–Crippen MR) is 186 cm³/mol. The molecule has 0 saturated carbocycles. The van der Waals surface area contributed by atoms with Gasteiger partial charge < -0.3 is 24.8 Å². The van der Waals surface area contributed by atoms with Crippen molar-refractivity contribution in [2.45, 2.75) is 16.6 Å². The van der Waals surface area contributed by atoms with E-state index in [0.717, 1.165) is 4.90 Å². The summed E-state index contributed by atoms with van der Waals surface area (Å²) < 4.78 is 16.3. The Labute approximate surface area is 290 Å². The largest absolute Gasteiger partial charge is 0.493 e. The van der Waals surface area contributed by atoms with Crippen LogP contribution in [0.1, 0.15) is 22.3 Å². The first-order valence-electron chi connectivity index (χ1n) is 14.4. The van der Waals surface area contributed by atoms with Gasteiger partial charge in [-0.1, -0.05) is 47.5 Å². The summed E-state index contributed by atoms with van der Waals surface area (Å²) in [5.41, 5.74) is 1.39. The van der Waals surface area contributed by atoms with Gasteiger partial charge in [0.25, 0.3) is 11.8 Å². The van der Waals surface area contributed by atoms with E-state index < -0.39 is 28.9 Å². The van der Waals surface area contributed by atoms with E-state index in [9.17, 15) is 19.2 Å². The van der Waals surface area contributed by atoms with Crippen LogP contribution in [0.5, 0.6) is 17.2 Å². The average Bonchev–Trinajstić information content (AvgIpc) is 3.36. The van der Waals surface area contributed by atoms with Gasteiger partial charge in [0, 0.05) is 27.6 Å². The van der Waals surface area contributed by atoms with E-state index in [1.807, 2.05) is 0 Å². The summed E-state index contributed by atoms with van der Waals surface area (Å²) in [6.07, 6.45) is 1.44. The topological polar surface area (TPSA) is 123 Å². The zero-order valence-corrected chi connectivity index (χ0v) is 28.2. The first kappa shape index (κ1) is 34.4. The highest BCUT2D eigenvalue weighted by Gasteiger charge is 2.41. The molecule has 4 aromatic carbocycles. The monoisotopic (exact) mass is 705 g/mol. The molecule has 13 heteroatoms. The van der Waals surface area contributed by atoms with Crippen molar-refractivity contribution in [2.24, 2.45) is 0 Å². The van der Waals surface area contributed by atoms with Crippen LogP contribution < -0.4 is 29.7 Å². The molecule has 4 amide bonds. The smallest absolute Gasteiger partial charge is 0.272 e. The zero-order chi connectivity index (χ0) is 34.4. The summed E-state index contributed by atoms with van der Waals surface area (Å²) in [5, 5.41) is 5.36. The van der Waals surface area contributed by atoms with Gasteiger partial charge in [0.05, 0.1) is 37.3 Å². The fourth-order valence-corrected chi connectivity index (χ4v) is 6.39. The minimum atomic E-state index is -0.723. The summed E-state index contributed by atoms with van der Waals surface area (Å²) in [7, 11) is 4.42. The van der Waals surface area contributed by atoms with Crippen molar-refractivity contribution in [3.63, 3.8) is 0 Å². The van der Waals surface area contributed by atoms with Crippen molar-refractivity contribution >= 4 is 76.0 Å². The van der Waals surface area contributed by atoms with Crippen molar-refractivity contribution in [2.75, 3.05) is 31.5 Å². The molecule has 246 valence electrons. The lowest BCUT2D eigenvalue weighted by Gasteiger charge is -2.17. The molecule has 1 atom stereocenters. The number of thioether (sulfide) groups is 1. The van der Waals surface area contributed by atoms with E-state index in [-0.39, 0.29) is 22.8 Å². The van der Waals surface area contributed by atoms with Gasteiger partial charge in [-0.15, -0.1) is 11.8 Å². The number of halogens is 2. The number of rotatable bonds is 11. The van der Waals surface area contributed by atoms with E-state index in [4.69, 9.17) is 37.4 Å². The van der Waals surface area contributed by atoms with Gasteiger partial charge in [-0.2, -0.15) is 0 Å². The number of ether oxygens (including phenoxy) is 3. The lowest BCUT2D eigenvalue weighted by atomic mass is 10.1. The Morgan fingerprint density at radius 1 is 0.875 bits per heavy atom. The molecular formula is C35H29Cl2N3O7S. The minimum absolute atomic E-state index is 0.0455. The first-order valence-corrected chi connectivity index (χ1v) is 16.0. The van der Waals surface area contributed by atoms with Crippen LogP contribution in [0.25, 0.3) is 6.08 Å². The molecule has 2 N–H and O–H groups in total. The Bertz CT molecular complexity index is 1890. The maximum atomic E-state index is 13.7. The van der Waals surface area contributed by atoms with Crippen molar-refractivity contribution in [1.82, 2.24) is 5.32 Å². The van der Waals surface area contributed by atoms with E-state index in [1.54, 1.807) is 72.8 Å². The lowest BCUT2D eigenvalue weighted by molar-refractivity contribution is -0.121. The third-order valence-corrected chi connectivity index (χ3v) is 8.89. The Hall–Kier alpha value is -4.97. The Balaban J connectivity index is 1.39. The molecule has 0 radical (unpaired) electrons. The van der Waals surface area contributed by atoms with Gasteiger partial charge in [-0.3, -0.25) is 19.2 Å². The van der Waals surface area contributed by atoms with Crippen LogP contribution in [0.15, 0.2) is 95.5 Å². The molecule has 10 nitrogen and oxygen atoms in total. The van der Waals surface area contributed by atoms with Gasteiger partial charge in [0.1, 0.15) is 5.70 Å². The molecule has 1 unspecified atom stereocenters. The van der Waals surface area contributed by atoms with Crippen LogP contribution in [0, 0.1) is 0 Å². The summed E-state index contributed by atoms with van der Waals surface area (Å²) >= 11 is 13.5. The van der Waals surface area contributed by atoms with Crippen LogP contribution in [0.2, 0.25) is 10.0 Å². The van der Waals surface area contributed by atoms with Gasteiger partial charge in [-0.25, -0.2) is 4.90 Å². The number of carbonyl (C=O) groups is 4. The Morgan fingerprint density at radius 3 is 2.25 bits per heavy atom. The normalized spacial score (nSPS) is 14.5. The maximum Gasteiger partial charge on any atom is 0.272 e. The third-order valence-electron chi connectivity index (χ3n) is 7.15. The SMILES string of the molecule is COc1cc(C=C(NC(=O)c2ccccc2)C(=O)Nc2cccc(SC3CC(=O)N(c4cc(Cl)ccc4Cl)C3=O)c2)cc(OC)c1OC. The van der Waals surface area contributed by atoms with Crippen molar-refractivity contribution < 1.29 is 33.4 Å². The second kappa shape index (κ2) is 15.3. The molecule has 1 heterocycles. The molecule has 0 aliphatic carbocycles. The van der Waals surface area contributed by atoms with Crippen LogP contribution >= 0.6 is 35.0 Å². The highest BCUT2D eigenvalue weighted by atomic mass is 35.5. The van der Waals surface area contributed by atoms with Crippen molar-refractivity contribution in [3.8, 4) is 17.2 Å². The molecular weight excluding hydrogens is 677 g/mol. The summed E-state index contributed by atoms with van der Waals surface area (Å²) in [6, 6.07) is 23.1. The molecule has 0 aromatic heterocycles. The Morgan fingerprint density at radius 2 is 1.58 bits per heavy atom. The van der Waals surface area contributed by atoms with Crippen LogP contribution in [0.4, 0.5) is 11.4 Å². The summed E-state index contributed by atoms with van der Waals surface area (Å²) in [4.78, 5) is 54.7.